The maximum atomic E-state index is 13.4. The molecule has 1 aliphatic heterocycles. The number of aromatic nitrogens is 4. The molecule has 158 valence electrons. The van der Waals surface area contributed by atoms with Crippen LogP contribution < -0.4 is 16.0 Å². The molecule has 0 spiro atoms. The summed E-state index contributed by atoms with van der Waals surface area (Å²) in [5, 5.41) is 6.67. The van der Waals surface area contributed by atoms with Crippen molar-refractivity contribution in [1.82, 2.24) is 19.6 Å². The molecule has 4 rings (SSSR count). The number of nitrogens with one attached hydrogen (secondary N) is 1. The van der Waals surface area contributed by atoms with E-state index in [9.17, 15) is 17.6 Å². The number of halogens is 1. The van der Waals surface area contributed by atoms with Crippen LogP contribution in [-0.4, -0.2) is 57.5 Å². The summed E-state index contributed by atoms with van der Waals surface area (Å²) in [4.78, 5) is 22.8. The van der Waals surface area contributed by atoms with Crippen molar-refractivity contribution < 1.29 is 17.6 Å². The summed E-state index contributed by atoms with van der Waals surface area (Å²) in [5.41, 5.74) is 7.00. The third kappa shape index (κ3) is 3.32. The molecule has 0 bridgehead atoms. The van der Waals surface area contributed by atoms with Gasteiger partial charge in [0.25, 0.3) is 5.91 Å². The SMILES string of the molecule is CC1(C)CN(c2ccncc2NC(=O)c2c(N)nn3cc(F)cnc23)CCS1(=O)=O. The molecule has 12 heteroatoms. The topological polar surface area (TPSA) is 136 Å². The minimum atomic E-state index is -3.22. The van der Waals surface area contributed by atoms with Gasteiger partial charge < -0.3 is 16.0 Å². The van der Waals surface area contributed by atoms with E-state index in [1.54, 1.807) is 26.1 Å². The Morgan fingerprint density at radius 1 is 1.33 bits per heavy atom. The van der Waals surface area contributed by atoms with Crippen LogP contribution in [0.4, 0.5) is 21.6 Å². The minimum Gasteiger partial charge on any atom is -0.381 e. The summed E-state index contributed by atoms with van der Waals surface area (Å²) in [5.74, 6) is -1.29. The highest BCUT2D eigenvalue weighted by Gasteiger charge is 2.40. The van der Waals surface area contributed by atoms with Crippen LogP contribution in [0.25, 0.3) is 5.65 Å². The molecule has 0 saturated carbocycles. The summed E-state index contributed by atoms with van der Waals surface area (Å²) in [7, 11) is -3.22. The first kappa shape index (κ1) is 20.0. The smallest absolute Gasteiger partial charge is 0.263 e. The maximum Gasteiger partial charge on any atom is 0.263 e. The summed E-state index contributed by atoms with van der Waals surface area (Å²) in [6, 6.07) is 1.71. The number of pyridine rings is 1. The molecule has 0 atom stereocenters. The number of hydrogen-bond donors (Lipinski definition) is 2. The third-order valence-electron chi connectivity index (χ3n) is 5.13. The predicted molar refractivity (Wildman–Crippen MR) is 110 cm³/mol. The number of carbonyl (C=O) groups is 1. The van der Waals surface area contributed by atoms with Gasteiger partial charge in [-0.1, -0.05) is 0 Å². The molecule has 1 aliphatic rings. The molecule has 3 aromatic rings. The molecule has 0 unspecified atom stereocenters. The molecule has 3 N–H and O–H groups in total. The molecule has 0 radical (unpaired) electrons. The summed E-state index contributed by atoms with van der Waals surface area (Å²) < 4.78 is 38.2. The van der Waals surface area contributed by atoms with E-state index in [0.29, 0.717) is 17.9 Å². The second kappa shape index (κ2) is 6.90. The number of rotatable bonds is 3. The number of anilines is 3. The zero-order valence-electron chi connectivity index (χ0n) is 16.3. The van der Waals surface area contributed by atoms with E-state index in [1.807, 2.05) is 4.90 Å². The van der Waals surface area contributed by atoms with Gasteiger partial charge >= 0.3 is 0 Å². The number of nitrogens with two attached hydrogens (primary N) is 1. The van der Waals surface area contributed by atoms with Gasteiger partial charge in [0.05, 0.1) is 40.5 Å². The molecule has 10 nitrogen and oxygen atoms in total. The van der Waals surface area contributed by atoms with E-state index in [1.165, 1.54) is 6.20 Å². The number of sulfone groups is 1. The largest absolute Gasteiger partial charge is 0.381 e. The lowest BCUT2D eigenvalue weighted by Gasteiger charge is -2.39. The second-order valence-corrected chi connectivity index (χ2v) is 10.4. The zero-order chi connectivity index (χ0) is 21.7. The fourth-order valence-corrected chi connectivity index (χ4v) is 4.81. The van der Waals surface area contributed by atoms with Crippen molar-refractivity contribution in [3.05, 3.63) is 42.2 Å². The molecule has 1 saturated heterocycles. The van der Waals surface area contributed by atoms with Gasteiger partial charge in [-0.05, 0) is 19.9 Å². The van der Waals surface area contributed by atoms with Crippen LogP contribution >= 0.6 is 0 Å². The first-order chi connectivity index (χ1) is 14.1. The van der Waals surface area contributed by atoms with Crippen molar-refractivity contribution in [1.29, 1.82) is 0 Å². The Balaban J connectivity index is 1.66. The van der Waals surface area contributed by atoms with Crippen LogP contribution in [0.1, 0.15) is 24.2 Å². The molecule has 4 heterocycles. The highest BCUT2D eigenvalue weighted by atomic mass is 32.2. The predicted octanol–water partition coefficient (Wildman–Crippen LogP) is 1.11. The minimum absolute atomic E-state index is 0.00588. The van der Waals surface area contributed by atoms with Gasteiger partial charge in [0, 0.05) is 19.3 Å². The standard InChI is InChI=1S/C18H20FN7O3S/c1-18(2)10-25(5-6-30(18,28)29)13-3-4-21-8-12(13)23-17(27)14-15(20)24-26-9-11(19)7-22-16(14)26/h3-4,7-9H,5-6,10H2,1-2H3,(H2,20,24)(H,23,27). The van der Waals surface area contributed by atoms with E-state index in [-0.39, 0.29) is 29.3 Å². The van der Waals surface area contributed by atoms with Gasteiger partial charge in [0.15, 0.2) is 27.1 Å². The lowest BCUT2D eigenvalue weighted by Crippen LogP contribution is -2.53. The highest BCUT2D eigenvalue weighted by molar-refractivity contribution is 7.92. The van der Waals surface area contributed by atoms with E-state index in [0.717, 1.165) is 16.9 Å². The molecule has 0 aliphatic carbocycles. The molecule has 1 fully saturated rings. The number of amides is 1. The van der Waals surface area contributed by atoms with Crippen molar-refractivity contribution >= 4 is 38.6 Å². The summed E-state index contributed by atoms with van der Waals surface area (Å²) in [6.45, 7) is 3.91. The number of nitrogen functional groups attached to an aromatic ring is 1. The number of carbonyl (C=O) groups excluding carboxylic acids is 1. The van der Waals surface area contributed by atoms with Crippen LogP contribution in [0.3, 0.4) is 0 Å². The normalized spacial score (nSPS) is 17.8. The quantitative estimate of drug-likeness (QED) is 0.627. The second-order valence-electron chi connectivity index (χ2n) is 7.65. The Kier molecular flexibility index (Phi) is 4.60. The number of nitrogens with zero attached hydrogens (tertiary/aromatic N) is 5. The molecule has 30 heavy (non-hydrogen) atoms. The van der Waals surface area contributed by atoms with Gasteiger partial charge in [0.1, 0.15) is 5.56 Å². The van der Waals surface area contributed by atoms with E-state index < -0.39 is 26.3 Å². The third-order valence-corrected chi connectivity index (χ3v) is 7.66. The van der Waals surface area contributed by atoms with Crippen LogP contribution in [-0.2, 0) is 9.84 Å². The van der Waals surface area contributed by atoms with E-state index >= 15 is 0 Å². The zero-order valence-corrected chi connectivity index (χ0v) is 17.1. The first-order valence-corrected chi connectivity index (χ1v) is 10.8. The van der Waals surface area contributed by atoms with Crippen molar-refractivity contribution in [3.63, 3.8) is 0 Å². The fourth-order valence-electron chi connectivity index (χ4n) is 3.44. The lowest BCUT2D eigenvalue weighted by atomic mass is 10.1. The average molecular weight is 433 g/mol. The van der Waals surface area contributed by atoms with Gasteiger partial charge in [-0.2, -0.15) is 0 Å². The molecular formula is C18H20FN7O3S. The lowest BCUT2D eigenvalue weighted by molar-refractivity contribution is 0.102. The average Bonchev–Trinajstić information content (AvgIpc) is 2.99. The Bertz CT molecular complexity index is 1260. The molecule has 0 aromatic carbocycles. The van der Waals surface area contributed by atoms with Gasteiger partial charge in [-0.3, -0.25) is 9.78 Å². The maximum absolute atomic E-state index is 13.4. The molecule has 1 amide bonds. The first-order valence-electron chi connectivity index (χ1n) is 9.11. The Hall–Kier alpha value is -3.28. The van der Waals surface area contributed by atoms with Crippen LogP contribution in [0.15, 0.2) is 30.9 Å². The van der Waals surface area contributed by atoms with E-state index in [4.69, 9.17) is 5.73 Å². The van der Waals surface area contributed by atoms with Crippen molar-refractivity contribution in [2.24, 2.45) is 0 Å². The van der Waals surface area contributed by atoms with Crippen molar-refractivity contribution in [2.75, 3.05) is 34.8 Å². The van der Waals surface area contributed by atoms with Gasteiger partial charge in [0.2, 0.25) is 0 Å². The van der Waals surface area contributed by atoms with Gasteiger partial charge in [-0.15, -0.1) is 5.10 Å². The van der Waals surface area contributed by atoms with Crippen LogP contribution in [0, 0.1) is 5.82 Å². The highest BCUT2D eigenvalue weighted by Crippen LogP contribution is 2.32. The van der Waals surface area contributed by atoms with Crippen LogP contribution in [0.5, 0.6) is 0 Å². The van der Waals surface area contributed by atoms with Gasteiger partial charge in [-0.25, -0.2) is 22.3 Å². The Labute approximate surface area is 171 Å². The van der Waals surface area contributed by atoms with Crippen LogP contribution in [0.2, 0.25) is 0 Å². The van der Waals surface area contributed by atoms with Crippen molar-refractivity contribution in [2.45, 2.75) is 18.6 Å². The van der Waals surface area contributed by atoms with E-state index in [2.05, 4.69) is 20.4 Å². The summed E-state index contributed by atoms with van der Waals surface area (Å²) in [6.07, 6.45) is 5.08. The monoisotopic (exact) mass is 433 g/mol. The molecular weight excluding hydrogens is 413 g/mol. The molecule has 3 aromatic heterocycles. The Morgan fingerprint density at radius 3 is 2.83 bits per heavy atom. The Morgan fingerprint density at radius 2 is 2.10 bits per heavy atom. The summed E-state index contributed by atoms with van der Waals surface area (Å²) >= 11 is 0. The van der Waals surface area contributed by atoms with Crippen molar-refractivity contribution in [3.8, 4) is 0 Å². The number of hydrogen-bond acceptors (Lipinski definition) is 8. The fraction of sp³-hybridized carbons (Fsp3) is 0.333. The number of fused-ring (bicyclic) bond motifs is 1.